The molecule has 0 saturated heterocycles. The van der Waals surface area contributed by atoms with Crippen molar-refractivity contribution in [2.45, 2.75) is 13.5 Å². The minimum absolute atomic E-state index is 0.0290. The normalized spacial score (nSPS) is 9.94. The molecule has 1 aromatic carbocycles. The first-order chi connectivity index (χ1) is 7.74. The summed E-state index contributed by atoms with van der Waals surface area (Å²) in [4.78, 5) is 21.4. The lowest BCUT2D eigenvalue weighted by molar-refractivity contribution is -0.277. The molecule has 0 spiro atoms. The Morgan fingerprint density at radius 2 is 2.06 bits per heavy atom. The van der Waals surface area contributed by atoms with Crippen LogP contribution in [-0.2, 0) is 16.4 Å². The molecule has 6 nitrogen and oxygen atoms in total. The Kier molecular flexibility index (Phi) is 4.71. The van der Waals surface area contributed by atoms with Crippen LogP contribution in [0.25, 0.3) is 11.0 Å². The van der Waals surface area contributed by atoms with E-state index in [-0.39, 0.29) is 5.69 Å². The molecule has 0 unspecified atom stereocenters. The smallest absolute Gasteiger partial charge is 0.306 e. The summed E-state index contributed by atoms with van der Waals surface area (Å²) in [6.07, 6.45) is 0. The number of aryl methyl sites for hydroxylation is 1. The first-order valence-corrected chi connectivity index (χ1v) is 4.81. The molecular formula is C10H15N3O3. The number of para-hydroxylation sites is 2. The molecule has 0 aliphatic carbocycles. The number of benzene rings is 1. The van der Waals surface area contributed by atoms with Crippen LogP contribution in [0.2, 0.25) is 0 Å². The number of hydrogen-bond donors (Lipinski definition) is 2. The van der Waals surface area contributed by atoms with Gasteiger partial charge in [0.1, 0.15) is 0 Å². The molecule has 0 fully saturated rings. The van der Waals surface area contributed by atoms with Gasteiger partial charge in [-0.3, -0.25) is 4.57 Å². The third kappa shape index (κ3) is 2.69. The van der Waals surface area contributed by atoms with Crippen LogP contribution in [0.5, 0.6) is 0 Å². The molecule has 0 amide bonds. The van der Waals surface area contributed by atoms with Crippen LogP contribution in [0.1, 0.15) is 6.92 Å². The van der Waals surface area contributed by atoms with E-state index in [2.05, 4.69) is 20.8 Å². The van der Waals surface area contributed by atoms with E-state index in [1.54, 1.807) is 4.57 Å². The first-order valence-electron chi connectivity index (χ1n) is 4.81. The monoisotopic (exact) mass is 225 g/mol. The number of rotatable bonds is 2. The van der Waals surface area contributed by atoms with E-state index in [0.717, 1.165) is 11.0 Å². The van der Waals surface area contributed by atoms with E-state index >= 15 is 0 Å². The number of H-pyrrole nitrogens is 1. The number of imidazole rings is 1. The lowest BCUT2D eigenvalue weighted by atomic mass is 10.3. The number of hydrogen-bond acceptors (Lipinski definition) is 4. The maximum atomic E-state index is 11.3. The van der Waals surface area contributed by atoms with Gasteiger partial charge in [-0.2, -0.15) is 5.90 Å². The van der Waals surface area contributed by atoms with Gasteiger partial charge in [0.2, 0.25) is 0 Å². The molecule has 0 atom stereocenters. The van der Waals surface area contributed by atoms with Crippen LogP contribution in [0, 0.1) is 0 Å². The van der Waals surface area contributed by atoms with Crippen molar-refractivity contribution >= 4 is 11.0 Å². The molecule has 0 bridgehead atoms. The van der Waals surface area contributed by atoms with Gasteiger partial charge in [0.25, 0.3) is 0 Å². The van der Waals surface area contributed by atoms with Crippen molar-refractivity contribution in [3.8, 4) is 0 Å². The summed E-state index contributed by atoms with van der Waals surface area (Å²) in [5.41, 5.74) is 1.85. The highest BCUT2D eigenvalue weighted by molar-refractivity contribution is 5.74. The number of nitrogens with zero attached hydrogens (tertiary/aromatic N) is 1. The third-order valence-electron chi connectivity index (χ3n) is 2.09. The van der Waals surface area contributed by atoms with Crippen molar-refractivity contribution < 1.29 is 9.88 Å². The molecule has 2 aromatic rings. The maximum absolute atomic E-state index is 11.3. The van der Waals surface area contributed by atoms with Crippen molar-refractivity contribution in [3.05, 3.63) is 34.7 Å². The minimum Gasteiger partial charge on any atom is -0.306 e. The third-order valence-corrected chi connectivity index (χ3v) is 2.09. The molecule has 16 heavy (non-hydrogen) atoms. The van der Waals surface area contributed by atoms with Gasteiger partial charge in [0.15, 0.2) is 0 Å². The van der Waals surface area contributed by atoms with E-state index < -0.39 is 0 Å². The molecule has 0 saturated carbocycles. The van der Waals surface area contributed by atoms with E-state index in [0.29, 0.717) is 6.54 Å². The molecule has 0 radical (unpaired) electrons. The van der Waals surface area contributed by atoms with Crippen LogP contribution in [0.3, 0.4) is 0 Å². The van der Waals surface area contributed by atoms with Crippen molar-refractivity contribution in [2.75, 3.05) is 7.11 Å². The molecule has 1 heterocycles. The fourth-order valence-electron chi connectivity index (χ4n) is 1.42. The first kappa shape index (κ1) is 12.4. The SMILES string of the molecule is CCn1c(=O)[nH]c2ccccc21.COON. The van der Waals surface area contributed by atoms with Crippen LogP contribution in [-0.4, -0.2) is 16.7 Å². The number of nitrogens with two attached hydrogens (primary N) is 1. The van der Waals surface area contributed by atoms with Crippen LogP contribution < -0.4 is 11.6 Å². The summed E-state index contributed by atoms with van der Waals surface area (Å²) in [7, 11) is 1.33. The quantitative estimate of drug-likeness (QED) is 0.584. The second kappa shape index (κ2) is 6.06. The summed E-state index contributed by atoms with van der Waals surface area (Å²) < 4.78 is 1.72. The summed E-state index contributed by atoms with van der Waals surface area (Å²) in [6, 6.07) is 7.69. The number of aromatic amines is 1. The Hall–Kier alpha value is -1.63. The summed E-state index contributed by atoms with van der Waals surface area (Å²) in [5, 5.41) is 0. The van der Waals surface area contributed by atoms with Gasteiger partial charge in [-0.25, -0.2) is 9.68 Å². The Balaban J connectivity index is 0.000000280. The molecule has 0 aliphatic rings. The zero-order valence-corrected chi connectivity index (χ0v) is 9.27. The summed E-state index contributed by atoms with van der Waals surface area (Å²) in [6.45, 7) is 2.67. The molecular weight excluding hydrogens is 210 g/mol. The Labute approximate surface area is 92.5 Å². The lowest BCUT2D eigenvalue weighted by Crippen LogP contribution is -2.14. The number of nitrogens with one attached hydrogen (secondary N) is 1. The van der Waals surface area contributed by atoms with Gasteiger partial charge in [-0.05, 0) is 19.1 Å². The summed E-state index contributed by atoms with van der Waals surface area (Å²) in [5.74, 6) is 4.31. The molecule has 6 heteroatoms. The van der Waals surface area contributed by atoms with Gasteiger partial charge in [0.05, 0.1) is 18.1 Å². The minimum atomic E-state index is -0.0290. The highest BCUT2D eigenvalue weighted by Gasteiger charge is 2.01. The molecule has 1 aromatic heterocycles. The van der Waals surface area contributed by atoms with Gasteiger partial charge in [-0.15, -0.1) is 4.99 Å². The van der Waals surface area contributed by atoms with Gasteiger partial charge >= 0.3 is 5.69 Å². The second-order valence-corrected chi connectivity index (χ2v) is 2.95. The van der Waals surface area contributed by atoms with Crippen molar-refractivity contribution in [1.29, 1.82) is 0 Å². The number of fused-ring (bicyclic) bond motifs is 1. The second-order valence-electron chi connectivity index (χ2n) is 2.95. The highest BCUT2D eigenvalue weighted by Crippen LogP contribution is 2.07. The standard InChI is InChI=1S/C9H10N2O.CH5NO2/c1-2-11-8-6-4-3-5-7(8)10-9(11)12;1-3-4-2/h3-6H,2H2,1H3,(H,10,12);2H2,1H3. The highest BCUT2D eigenvalue weighted by atomic mass is 17.3. The largest absolute Gasteiger partial charge is 0.326 e. The predicted octanol–water partition coefficient (Wildman–Crippen LogP) is 0.788. The van der Waals surface area contributed by atoms with E-state index in [9.17, 15) is 4.79 Å². The number of aromatic nitrogens is 2. The molecule has 0 aliphatic heterocycles. The molecule has 2 rings (SSSR count). The Morgan fingerprint density at radius 3 is 2.62 bits per heavy atom. The topological polar surface area (TPSA) is 82.3 Å². The fraction of sp³-hybridized carbons (Fsp3) is 0.300. The fourth-order valence-corrected chi connectivity index (χ4v) is 1.42. The average molecular weight is 225 g/mol. The van der Waals surface area contributed by atoms with Gasteiger partial charge in [0, 0.05) is 6.54 Å². The molecule has 3 N–H and O–H groups in total. The van der Waals surface area contributed by atoms with Crippen LogP contribution in [0.4, 0.5) is 0 Å². The van der Waals surface area contributed by atoms with E-state index in [4.69, 9.17) is 0 Å². The van der Waals surface area contributed by atoms with Gasteiger partial charge < -0.3 is 4.98 Å². The van der Waals surface area contributed by atoms with E-state index in [1.165, 1.54) is 7.11 Å². The zero-order valence-electron chi connectivity index (χ0n) is 9.27. The van der Waals surface area contributed by atoms with Gasteiger partial charge in [-0.1, -0.05) is 12.1 Å². The summed E-state index contributed by atoms with van der Waals surface area (Å²) >= 11 is 0. The van der Waals surface area contributed by atoms with Crippen molar-refractivity contribution in [3.63, 3.8) is 0 Å². The molecule has 88 valence electrons. The van der Waals surface area contributed by atoms with E-state index in [1.807, 2.05) is 31.2 Å². The Morgan fingerprint density at radius 1 is 1.44 bits per heavy atom. The van der Waals surface area contributed by atoms with Crippen LogP contribution in [0.15, 0.2) is 29.1 Å². The van der Waals surface area contributed by atoms with Crippen molar-refractivity contribution in [1.82, 2.24) is 9.55 Å². The maximum Gasteiger partial charge on any atom is 0.326 e. The predicted molar refractivity (Wildman–Crippen MR) is 60.5 cm³/mol. The zero-order chi connectivity index (χ0) is 12.0. The Bertz CT molecular complexity index is 487. The van der Waals surface area contributed by atoms with Crippen molar-refractivity contribution in [2.24, 2.45) is 5.90 Å². The lowest BCUT2D eigenvalue weighted by Gasteiger charge is -1.95. The van der Waals surface area contributed by atoms with Crippen LogP contribution >= 0.6 is 0 Å². The average Bonchev–Trinajstić information content (AvgIpc) is 2.64.